The second-order valence-electron chi connectivity index (χ2n) is 26.8. The third-order valence-corrected chi connectivity index (χ3v) is 19.0. The predicted octanol–water partition coefficient (Wildman–Crippen LogP) is -4.95. The van der Waals surface area contributed by atoms with E-state index in [0.29, 0.717) is 5.56 Å². The minimum atomic E-state index is -2.06. The number of carbonyl (C=O) groups is 3. The smallest absolute Gasteiger partial charge is 0.330 e. The SMILES string of the molecule is O=C(/C=C/c1ccc(O)cc1)OC[C@H]1O[C@@H](OC2=Cc3c(O)cc(O[C@@H]4O[C@@H](COC(=O)CCC(=O)OC[C@@H]5O[C@@H](Oc6ccc(-c7oc8cc(O[C@H]9OC[C@@H](O)[C@@H](O)[C@H]9O)cc(O)c8c(=O)c7O[C@@H]7O[C@@H](CO)[C@@H](O)[C@H](O)[C@@H]7O)cc6)[C@H](O)[C@@H](O)[C@@H]5O)[C@@H](O)[C@H](O)[C@H]4O)cc3[OH+]C2c2cc(O)c(O)c(O)c2)[C@H](O)[C@@H](O)[C@@H]1O. The first kappa shape index (κ1) is 82.4. The summed E-state index contributed by atoms with van der Waals surface area (Å²) in [6, 6.07) is 16.7. The maximum atomic E-state index is 14.4. The van der Waals surface area contributed by atoms with Gasteiger partial charge < -0.3 is 183 Å². The molecule has 5 saturated heterocycles. The zero-order chi connectivity index (χ0) is 81.3. The number of hydrogen-bond acceptors (Lipinski definition) is 40. The molecule has 612 valence electrons. The molecule has 5 aromatic carbocycles. The van der Waals surface area contributed by atoms with E-state index in [9.17, 15) is 132 Å². The van der Waals surface area contributed by atoms with Gasteiger partial charge in [0.25, 0.3) is 11.9 Å². The van der Waals surface area contributed by atoms with E-state index in [-0.39, 0.29) is 51.2 Å². The lowest BCUT2D eigenvalue weighted by Gasteiger charge is -2.40. The van der Waals surface area contributed by atoms with Crippen molar-refractivity contribution in [2.45, 2.75) is 166 Å². The number of aromatic hydroxyl groups is 7. The van der Waals surface area contributed by atoms with Gasteiger partial charge in [-0.1, -0.05) is 12.1 Å². The van der Waals surface area contributed by atoms with Gasteiger partial charge in [-0.05, 0) is 60.2 Å². The van der Waals surface area contributed by atoms with Crippen LogP contribution in [0.25, 0.3) is 34.4 Å². The van der Waals surface area contributed by atoms with Crippen molar-refractivity contribution in [2.75, 3.05) is 33.0 Å². The number of aliphatic hydroxyl groups is 17. The highest BCUT2D eigenvalue weighted by molar-refractivity contribution is 5.89. The topological polar surface area (TPSA) is 659 Å². The molecule has 6 aliphatic heterocycles. The van der Waals surface area contributed by atoms with Crippen LogP contribution in [0.1, 0.15) is 35.6 Å². The Labute approximate surface area is 634 Å². The van der Waals surface area contributed by atoms with E-state index in [2.05, 4.69) is 4.74 Å². The largest absolute Gasteiger partial charge is 0.571 e. The lowest BCUT2D eigenvalue weighted by Crippen LogP contribution is -2.60. The number of aliphatic hydroxyl groups excluding tert-OH is 16. The zero-order valence-corrected chi connectivity index (χ0v) is 58.3. The number of fused-ring (bicyclic) bond motifs is 2. The molecule has 0 aliphatic carbocycles. The van der Waals surface area contributed by atoms with Crippen LogP contribution in [-0.4, -0.2) is 315 Å². The predicted molar refractivity (Wildman–Crippen MR) is 366 cm³/mol. The average molecular weight is 1600 g/mol. The van der Waals surface area contributed by atoms with Crippen LogP contribution in [0.2, 0.25) is 0 Å². The van der Waals surface area contributed by atoms with Gasteiger partial charge in [0.2, 0.25) is 42.6 Å². The van der Waals surface area contributed by atoms with E-state index >= 15 is 0 Å². The van der Waals surface area contributed by atoms with E-state index in [0.717, 1.165) is 48.6 Å². The van der Waals surface area contributed by atoms with Crippen molar-refractivity contribution in [3.63, 3.8) is 0 Å². The number of phenols is 6. The van der Waals surface area contributed by atoms with Gasteiger partial charge in [0.15, 0.2) is 28.8 Å². The normalized spacial score (nSPS) is 32.4. The summed E-state index contributed by atoms with van der Waals surface area (Å²) in [6.45, 7) is -3.75. The fourth-order valence-corrected chi connectivity index (χ4v) is 12.6. The van der Waals surface area contributed by atoms with Crippen molar-refractivity contribution in [3.05, 3.63) is 124 Å². The minimum Gasteiger partial charge on any atom is -0.571 e. The number of rotatable bonds is 24. The molecule has 7 heterocycles. The molecule has 6 aliphatic rings. The number of phenolic OH excluding ortho intramolecular Hbond substituents is 6. The summed E-state index contributed by atoms with van der Waals surface area (Å²) in [4.78, 5) is 53.1. The highest BCUT2D eigenvalue weighted by Gasteiger charge is 2.51. The average Bonchev–Trinajstić information content (AvgIpc) is 0.755. The third kappa shape index (κ3) is 18.0. The van der Waals surface area contributed by atoms with Gasteiger partial charge in [-0.25, -0.2) is 4.79 Å². The van der Waals surface area contributed by atoms with Crippen molar-refractivity contribution in [1.29, 1.82) is 0 Å². The summed E-state index contributed by atoms with van der Waals surface area (Å²) in [5.74, 6) is -9.82. The molecule has 6 aromatic rings. The van der Waals surface area contributed by atoms with Gasteiger partial charge >= 0.3 is 17.9 Å². The van der Waals surface area contributed by atoms with Crippen molar-refractivity contribution in [3.8, 4) is 74.6 Å². The Kier molecular flexibility index (Phi) is 25.3. The number of ether oxygens (including phenoxy) is 14. The first-order valence-electron chi connectivity index (χ1n) is 34.6. The van der Waals surface area contributed by atoms with Gasteiger partial charge in [-0.2, -0.15) is 0 Å². The van der Waals surface area contributed by atoms with E-state index in [1.165, 1.54) is 54.6 Å². The molecule has 0 bridgehead atoms. The fraction of sp³-hybridized carbons (Fsp3) is 0.444. The fourth-order valence-electron chi connectivity index (χ4n) is 12.6. The highest BCUT2D eigenvalue weighted by Crippen LogP contribution is 2.49. The molecule has 1 aromatic heterocycles. The van der Waals surface area contributed by atoms with Gasteiger partial charge in [-0.3, -0.25) is 14.4 Å². The van der Waals surface area contributed by atoms with Crippen LogP contribution in [0.3, 0.4) is 0 Å². The lowest BCUT2D eigenvalue weighted by molar-refractivity contribution is -0.296. The maximum absolute atomic E-state index is 14.4. The molecule has 5 fully saturated rings. The quantitative estimate of drug-likeness (QED) is 0.00887. The highest BCUT2D eigenvalue weighted by atomic mass is 16.7. The Morgan fingerprint density at radius 1 is 0.478 bits per heavy atom. The summed E-state index contributed by atoms with van der Waals surface area (Å²) in [5.41, 5.74) is -1.37. The van der Waals surface area contributed by atoms with Crippen molar-refractivity contribution in [1.82, 2.24) is 0 Å². The molecule has 0 spiro atoms. The Bertz CT molecular complexity index is 4470. The Morgan fingerprint density at radius 2 is 0.956 bits per heavy atom. The second kappa shape index (κ2) is 34.7. The molecule has 41 nitrogen and oxygen atoms in total. The van der Waals surface area contributed by atoms with E-state index < -0.39 is 274 Å². The first-order chi connectivity index (χ1) is 53.7. The zero-order valence-electron chi connectivity index (χ0n) is 58.3. The lowest BCUT2D eigenvalue weighted by atomic mass is 9.98. The van der Waals surface area contributed by atoms with Crippen molar-refractivity contribution >= 4 is 41.0 Å². The number of carbonyl (C=O) groups excluding carboxylic acids is 3. The summed E-state index contributed by atoms with van der Waals surface area (Å²) in [5, 5.41) is 234. The number of benzene rings is 5. The van der Waals surface area contributed by atoms with Gasteiger partial charge in [0, 0.05) is 35.9 Å². The molecule has 0 radical (unpaired) electrons. The van der Waals surface area contributed by atoms with Crippen molar-refractivity contribution in [2.24, 2.45) is 0 Å². The van der Waals surface area contributed by atoms with Crippen LogP contribution in [0.15, 0.2) is 106 Å². The van der Waals surface area contributed by atoms with Crippen LogP contribution >= 0.6 is 0 Å². The standard InChI is InChI=1S/C72H78O41/c73-20-41-51(85)56(90)64(98)72(109-41)113-67-55(89)48-34(76)16-31(104-68-60(94)50(84)37(79)21-102-68)18-39(48)107-66(67)26-4-8-29(9-5-26)103-69-61(95)57(91)52(86)42(110-69)22-100-46(81)11-12-47(82)101-23-43-53(87)58(92)62(96)70(111-43)105-30-15-33(75)32-19-40(65(106-38(32)17-30)27-13-35(77)49(83)36(78)14-27)108-71-63(97)59(93)54(88)44(112-71)24-99-45(80)10-3-25-1-6-28(74)7-2-25/h1-10,13-19,37,41-44,50-54,56-65,68-79,83-88,90-98H,11-12,20-24H2/p+1/b10-3+/t37-,41+,42+,43+,44-,50-,51-,52-,53-,54-,56+,57+,58+,59+,60-,61-,62-,63-,64+,65?,68-,69-,70-,71-,72+/m1/s1. The molecule has 41 heteroatoms. The summed E-state index contributed by atoms with van der Waals surface area (Å²) in [6.07, 6.45) is -43.8. The first-order valence-corrected chi connectivity index (χ1v) is 34.6. The molecule has 0 amide bonds. The van der Waals surface area contributed by atoms with E-state index in [1.807, 2.05) is 0 Å². The molecular formula is C72H79O41+. The molecule has 23 N–H and O–H groups in total. The van der Waals surface area contributed by atoms with Gasteiger partial charge in [-0.15, -0.1) is 0 Å². The third-order valence-electron chi connectivity index (χ3n) is 19.0. The summed E-state index contributed by atoms with van der Waals surface area (Å²) >= 11 is 0. The van der Waals surface area contributed by atoms with Crippen LogP contribution < -0.4 is 24.4 Å². The van der Waals surface area contributed by atoms with Gasteiger partial charge in [0.05, 0.1) is 37.7 Å². The molecule has 12 rings (SSSR count). The van der Waals surface area contributed by atoms with E-state index in [1.54, 1.807) is 0 Å². The minimum absolute atomic E-state index is 0.0193. The summed E-state index contributed by atoms with van der Waals surface area (Å²) < 4.78 is 83.4. The molecule has 1 unspecified atom stereocenters. The monoisotopic (exact) mass is 1600 g/mol. The molecule has 25 atom stereocenters. The molecule has 113 heavy (non-hydrogen) atoms. The van der Waals surface area contributed by atoms with Gasteiger partial charge in [0.1, 0.15) is 187 Å². The van der Waals surface area contributed by atoms with E-state index in [4.69, 9.17) is 66.0 Å². The maximum Gasteiger partial charge on any atom is 0.330 e. The molecular weight excluding hydrogens is 1520 g/mol. The Morgan fingerprint density at radius 3 is 1.51 bits per heavy atom. The van der Waals surface area contributed by atoms with Crippen LogP contribution in [0.5, 0.6) is 63.2 Å². The number of esters is 3. The van der Waals surface area contributed by atoms with Crippen LogP contribution in [-0.2, 0) is 57.0 Å². The van der Waals surface area contributed by atoms with Crippen molar-refractivity contribution < 1.29 is 197 Å². The summed E-state index contributed by atoms with van der Waals surface area (Å²) in [7, 11) is 0. The van der Waals surface area contributed by atoms with Crippen LogP contribution in [0, 0.1) is 0 Å². The Hall–Kier alpha value is -10.0. The Balaban J connectivity index is 0.661. The number of hydrogen-bond donors (Lipinski definition) is 22. The molecule has 0 saturated carbocycles. The second-order valence-corrected chi connectivity index (χ2v) is 26.8. The van der Waals surface area contributed by atoms with Crippen LogP contribution in [0.4, 0.5) is 0 Å².